The fraction of sp³-hybridized carbons (Fsp3) is 0.0714. The van der Waals surface area contributed by atoms with Crippen LogP contribution in [-0.2, 0) is 0 Å². The molecule has 0 aromatic heterocycles. The monoisotopic (exact) mass is 276 g/mol. The molecule has 19 heavy (non-hydrogen) atoms. The lowest BCUT2D eigenvalue weighted by atomic mass is 10.3. The van der Waals surface area contributed by atoms with Crippen LogP contribution in [0.3, 0.4) is 0 Å². The minimum atomic E-state index is -0.324. The van der Waals surface area contributed by atoms with Crippen LogP contribution in [0.1, 0.15) is 0 Å². The Labute approximate surface area is 116 Å². The van der Waals surface area contributed by atoms with E-state index in [1.165, 1.54) is 0 Å². The number of nitrogens with one attached hydrogen (secondary N) is 2. The molecule has 0 radical (unpaired) electrons. The second-order valence-electron chi connectivity index (χ2n) is 3.82. The van der Waals surface area contributed by atoms with Gasteiger partial charge in [0.2, 0.25) is 0 Å². The van der Waals surface area contributed by atoms with Crippen LogP contribution in [0, 0.1) is 0 Å². The number of halogens is 1. The molecule has 0 aliphatic heterocycles. The van der Waals surface area contributed by atoms with Gasteiger partial charge in [-0.2, -0.15) is 0 Å². The zero-order valence-corrected chi connectivity index (χ0v) is 11.1. The van der Waals surface area contributed by atoms with Crippen LogP contribution < -0.4 is 15.4 Å². The predicted octanol–water partition coefficient (Wildman–Crippen LogP) is 3.99. The summed E-state index contributed by atoms with van der Waals surface area (Å²) in [5.41, 5.74) is 1.33. The molecule has 0 atom stereocenters. The first kappa shape index (κ1) is 13.2. The van der Waals surface area contributed by atoms with Gasteiger partial charge in [-0.15, -0.1) is 0 Å². The third-order valence-corrected chi connectivity index (χ3v) is 2.68. The van der Waals surface area contributed by atoms with Crippen molar-refractivity contribution in [1.82, 2.24) is 0 Å². The highest BCUT2D eigenvalue weighted by Gasteiger charge is 2.03. The lowest BCUT2D eigenvalue weighted by Crippen LogP contribution is -2.19. The summed E-state index contributed by atoms with van der Waals surface area (Å²) in [6, 6.07) is 13.7. The topological polar surface area (TPSA) is 50.4 Å². The fourth-order valence-electron chi connectivity index (χ4n) is 1.53. The normalized spacial score (nSPS) is 9.79. The first-order chi connectivity index (χ1) is 9.17. The van der Waals surface area contributed by atoms with E-state index in [9.17, 15) is 4.79 Å². The number of amides is 2. The Morgan fingerprint density at radius 3 is 2.42 bits per heavy atom. The van der Waals surface area contributed by atoms with Gasteiger partial charge in [-0.05, 0) is 36.4 Å². The molecule has 0 saturated heterocycles. The zero-order chi connectivity index (χ0) is 13.7. The number of anilines is 2. The third kappa shape index (κ3) is 3.89. The molecule has 0 fully saturated rings. The van der Waals surface area contributed by atoms with Gasteiger partial charge in [-0.1, -0.05) is 17.7 Å². The van der Waals surface area contributed by atoms with E-state index in [-0.39, 0.29) is 6.03 Å². The van der Waals surface area contributed by atoms with E-state index < -0.39 is 0 Å². The molecular formula is C14H13ClN2O2. The highest BCUT2D eigenvalue weighted by atomic mass is 35.5. The van der Waals surface area contributed by atoms with Crippen LogP contribution in [0.15, 0.2) is 48.5 Å². The summed E-state index contributed by atoms with van der Waals surface area (Å²) in [6.07, 6.45) is 0. The molecule has 0 heterocycles. The maximum Gasteiger partial charge on any atom is 0.323 e. The Hall–Kier alpha value is -2.20. The SMILES string of the molecule is COc1cccc(NC(=O)Nc2ccc(Cl)cc2)c1. The molecule has 0 spiro atoms. The second-order valence-corrected chi connectivity index (χ2v) is 4.25. The number of hydrogen-bond acceptors (Lipinski definition) is 2. The number of ether oxygens (including phenoxy) is 1. The van der Waals surface area contributed by atoms with Gasteiger partial charge in [0.1, 0.15) is 5.75 Å². The molecule has 98 valence electrons. The predicted molar refractivity (Wildman–Crippen MR) is 77.1 cm³/mol. The van der Waals surface area contributed by atoms with E-state index in [0.717, 1.165) is 0 Å². The zero-order valence-electron chi connectivity index (χ0n) is 10.3. The molecule has 2 N–H and O–H groups in total. The lowest BCUT2D eigenvalue weighted by Gasteiger charge is -2.08. The number of benzene rings is 2. The van der Waals surface area contributed by atoms with Gasteiger partial charge in [-0.3, -0.25) is 0 Å². The van der Waals surface area contributed by atoms with Crippen LogP contribution in [0.5, 0.6) is 5.75 Å². The number of hydrogen-bond donors (Lipinski definition) is 2. The largest absolute Gasteiger partial charge is 0.497 e. The fourth-order valence-corrected chi connectivity index (χ4v) is 1.65. The van der Waals surface area contributed by atoms with Crippen molar-refractivity contribution in [2.24, 2.45) is 0 Å². The summed E-state index contributed by atoms with van der Waals surface area (Å²) in [4.78, 5) is 11.8. The highest BCUT2D eigenvalue weighted by Crippen LogP contribution is 2.17. The smallest absolute Gasteiger partial charge is 0.323 e. The Balaban J connectivity index is 1.99. The van der Waals surface area contributed by atoms with Crippen molar-refractivity contribution >= 4 is 29.0 Å². The van der Waals surface area contributed by atoms with Gasteiger partial charge >= 0.3 is 6.03 Å². The Bertz CT molecular complexity index is 570. The van der Waals surface area contributed by atoms with E-state index in [2.05, 4.69) is 10.6 Å². The average molecular weight is 277 g/mol. The molecular weight excluding hydrogens is 264 g/mol. The van der Waals surface area contributed by atoms with Crippen molar-refractivity contribution in [3.8, 4) is 5.75 Å². The van der Waals surface area contributed by atoms with E-state index in [0.29, 0.717) is 22.1 Å². The van der Waals surface area contributed by atoms with Gasteiger partial charge in [0.25, 0.3) is 0 Å². The molecule has 0 aliphatic rings. The van der Waals surface area contributed by atoms with Crippen LogP contribution in [0.4, 0.5) is 16.2 Å². The summed E-state index contributed by atoms with van der Waals surface area (Å²) in [5, 5.41) is 6.05. The van der Waals surface area contributed by atoms with Crippen LogP contribution in [-0.4, -0.2) is 13.1 Å². The summed E-state index contributed by atoms with van der Waals surface area (Å²) >= 11 is 5.77. The molecule has 0 saturated carbocycles. The Morgan fingerprint density at radius 1 is 1.05 bits per heavy atom. The minimum absolute atomic E-state index is 0.324. The molecule has 2 aromatic carbocycles. The first-order valence-electron chi connectivity index (χ1n) is 5.65. The highest BCUT2D eigenvalue weighted by molar-refractivity contribution is 6.30. The number of rotatable bonds is 3. The van der Waals surface area contributed by atoms with Crippen molar-refractivity contribution in [2.45, 2.75) is 0 Å². The van der Waals surface area contributed by atoms with Crippen LogP contribution >= 0.6 is 11.6 Å². The quantitative estimate of drug-likeness (QED) is 0.890. The molecule has 0 aliphatic carbocycles. The first-order valence-corrected chi connectivity index (χ1v) is 6.03. The number of methoxy groups -OCH3 is 1. The summed E-state index contributed by atoms with van der Waals surface area (Å²) in [5.74, 6) is 0.685. The lowest BCUT2D eigenvalue weighted by molar-refractivity contribution is 0.262. The number of urea groups is 1. The molecule has 4 nitrogen and oxygen atoms in total. The number of carbonyl (C=O) groups excluding carboxylic acids is 1. The summed E-state index contributed by atoms with van der Waals surface area (Å²) in [6.45, 7) is 0. The van der Waals surface area contributed by atoms with E-state index >= 15 is 0 Å². The second kappa shape index (κ2) is 6.11. The molecule has 0 unspecified atom stereocenters. The van der Waals surface area contributed by atoms with Crippen molar-refractivity contribution < 1.29 is 9.53 Å². The maximum absolute atomic E-state index is 11.8. The van der Waals surface area contributed by atoms with E-state index in [4.69, 9.17) is 16.3 Å². The third-order valence-electron chi connectivity index (χ3n) is 2.43. The van der Waals surface area contributed by atoms with Gasteiger partial charge in [0.05, 0.1) is 7.11 Å². The molecule has 2 rings (SSSR count). The maximum atomic E-state index is 11.8. The standard InChI is InChI=1S/C14H13ClN2O2/c1-19-13-4-2-3-12(9-13)17-14(18)16-11-7-5-10(15)6-8-11/h2-9H,1H3,(H2,16,17,18). The molecule has 2 aromatic rings. The number of carbonyl (C=O) groups is 1. The van der Waals surface area contributed by atoms with Crippen LogP contribution in [0.25, 0.3) is 0 Å². The van der Waals surface area contributed by atoms with Gasteiger partial charge in [0.15, 0.2) is 0 Å². The molecule has 0 bridgehead atoms. The van der Waals surface area contributed by atoms with Gasteiger partial charge < -0.3 is 15.4 Å². The molecule has 5 heteroatoms. The van der Waals surface area contributed by atoms with Gasteiger partial charge in [0, 0.05) is 22.5 Å². The van der Waals surface area contributed by atoms with Crippen molar-refractivity contribution in [3.63, 3.8) is 0 Å². The minimum Gasteiger partial charge on any atom is -0.497 e. The van der Waals surface area contributed by atoms with Crippen molar-refractivity contribution in [2.75, 3.05) is 17.7 Å². The van der Waals surface area contributed by atoms with E-state index in [1.54, 1.807) is 49.6 Å². The van der Waals surface area contributed by atoms with Crippen molar-refractivity contribution in [3.05, 3.63) is 53.6 Å². The Kier molecular flexibility index (Phi) is 4.26. The van der Waals surface area contributed by atoms with E-state index in [1.807, 2.05) is 6.07 Å². The van der Waals surface area contributed by atoms with Gasteiger partial charge in [-0.25, -0.2) is 4.79 Å². The summed E-state index contributed by atoms with van der Waals surface area (Å²) in [7, 11) is 1.58. The Morgan fingerprint density at radius 2 is 1.74 bits per heavy atom. The molecule has 2 amide bonds. The van der Waals surface area contributed by atoms with Crippen LogP contribution in [0.2, 0.25) is 5.02 Å². The summed E-state index contributed by atoms with van der Waals surface area (Å²) < 4.78 is 5.08. The van der Waals surface area contributed by atoms with Crippen molar-refractivity contribution in [1.29, 1.82) is 0 Å². The average Bonchev–Trinajstić information content (AvgIpc) is 2.41.